The molecule has 1 rings (SSSR count). The Morgan fingerprint density at radius 1 is 0.933 bits per heavy atom. The summed E-state index contributed by atoms with van der Waals surface area (Å²) in [5, 5.41) is 9.86. The SMILES string of the molecule is CC.CCCC/C=C\CCCCCCCCCc1cc(O)cc(OC)c1OC(C)=O. The Hall–Kier alpha value is -1.97. The first-order valence-corrected chi connectivity index (χ1v) is 11.8. The Kier molecular flexibility index (Phi) is 17.8. The second kappa shape index (κ2) is 19.0. The van der Waals surface area contributed by atoms with Gasteiger partial charge in [0.1, 0.15) is 5.75 Å². The first-order chi connectivity index (χ1) is 14.6. The van der Waals surface area contributed by atoms with Gasteiger partial charge in [-0.15, -0.1) is 0 Å². The molecule has 0 heterocycles. The third-order valence-corrected chi connectivity index (χ3v) is 4.79. The topological polar surface area (TPSA) is 55.8 Å². The highest BCUT2D eigenvalue weighted by Crippen LogP contribution is 2.36. The van der Waals surface area contributed by atoms with Crippen molar-refractivity contribution in [3.63, 3.8) is 0 Å². The summed E-state index contributed by atoms with van der Waals surface area (Å²) in [6.07, 6.45) is 18.9. The van der Waals surface area contributed by atoms with Gasteiger partial charge in [-0.1, -0.05) is 77.9 Å². The van der Waals surface area contributed by atoms with E-state index in [1.807, 2.05) is 13.8 Å². The Labute approximate surface area is 184 Å². The number of hydrogen-bond donors (Lipinski definition) is 1. The van der Waals surface area contributed by atoms with Crippen molar-refractivity contribution in [3.05, 3.63) is 29.8 Å². The molecule has 1 aromatic carbocycles. The van der Waals surface area contributed by atoms with E-state index in [0.717, 1.165) is 24.8 Å². The minimum atomic E-state index is -0.384. The quantitative estimate of drug-likeness (QED) is 0.136. The van der Waals surface area contributed by atoms with E-state index in [4.69, 9.17) is 9.47 Å². The van der Waals surface area contributed by atoms with Crippen LogP contribution in [0.1, 0.15) is 104 Å². The molecule has 0 fully saturated rings. The van der Waals surface area contributed by atoms with Crippen LogP contribution in [-0.4, -0.2) is 18.2 Å². The molecular weight excluding hydrogens is 376 g/mol. The van der Waals surface area contributed by atoms with Crippen LogP contribution in [0.25, 0.3) is 0 Å². The lowest BCUT2D eigenvalue weighted by atomic mass is 10.0. The molecule has 0 saturated heterocycles. The van der Waals surface area contributed by atoms with Gasteiger partial charge in [0.2, 0.25) is 0 Å². The first-order valence-electron chi connectivity index (χ1n) is 11.8. The van der Waals surface area contributed by atoms with Crippen LogP contribution >= 0.6 is 0 Å². The molecule has 0 aromatic heterocycles. The van der Waals surface area contributed by atoms with E-state index in [0.29, 0.717) is 11.5 Å². The van der Waals surface area contributed by atoms with Gasteiger partial charge in [-0.3, -0.25) is 4.79 Å². The van der Waals surface area contributed by atoms with Crippen molar-refractivity contribution in [2.45, 2.75) is 105 Å². The van der Waals surface area contributed by atoms with E-state index < -0.39 is 0 Å². The summed E-state index contributed by atoms with van der Waals surface area (Å²) >= 11 is 0. The van der Waals surface area contributed by atoms with Crippen LogP contribution in [0.4, 0.5) is 0 Å². The summed E-state index contributed by atoms with van der Waals surface area (Å²) < 4.78 is 10.6. The molecule has 4 heteroatoms. The van der Waals surface area contributed by atoms with Crippen LogP contribution in [-0.2, 0) is 11.2 Å². The zero-order valence-corrected chi connectivity index (χ0v) is 20.0. The molecule has 0 radical (unpaired) electrons. The summed E-state index contributed by atoms with van der Waals surface area (Å²) in [4.78, 5) is 11.4. The number of aryl methyl sites for hydroxylation is 1. The van der Waals surface area contributed by atoms with E-state index in [2.05, 4.69) is 19.1 Å². The van der Waals surface area contributed by atoms with Crippen LogP contribution in [0.3, 0.4) is 0 Å². The predicted octanol–water partition coefficient (Wildman–Crippen LogP) is 7.76. The highest BCUT2D eigenvalue weighted by Gasteiger charge is 2.15. The minimum absolute atomic E-state index is 0.131. The zero-order valence-electron chi connectivity index (χ0n) is 20.0. The van der Waals surface area contributed by atoms with E-state index in [9.17, 15) is 9.90 Å². The maximum atomic E-state index is 11.4. The third kappa shape index (κ3) is 13.3. The molecular formula is C26H44O4. The molecule has 0 aliphatic carbocycles. The number of phenolic OH excluding ortho intramolecular Hbond substituents is 1. The Morgan fingerprint density at radius 2 is 1.50 bits per heavy atom. The standard InChI is InChI=1S/C24H38O4.C2H6/c1-4-5-6-7-8-9-10-11-12-13-14-15-16-17-21-18-22(26)19-23(27-3)24(21)28-20(2)25;1-2/h7-8,18-19,26H,4-6,9-17H2,1-3H3;1-2H3/b8-7-;. The van der Waals surface area contributed by atoms with Gasteiger partial charge in [0, 0.05) is 18.6 Å². The van der Waals surface area contributed by atoms with Gasteiger partial charge in [0.15, 0.2) is 11.5 Å². The fourth-order valence-electron chi connectivity index (χ4n) is 3.26. The second-order valence-electron chi connectivity index (χ2n) is 7.36. The van der Waals surface area contributed by atoms with Crippen molar-refractivity contribution >= 4 is 5.97 Å². The van der Waals surface area contributed by atoms with Crippen LogP contribution in [0, 0.1) is 0 Å². The smallest absolute Gasteiger partial charge is 0.308 e. The molecule has 0 amide bonds. The zero-order chi connectivity index (χ0) is 22.6. The fourth-order valence-corrected chi connectivity index (χ4v) is 3.26. The monoisotopic (exact) mass is 420 g/mol. The molecule has 0 spiro atoms. The molecule has 0 bridgehead atoms. The molecule has 4 nitrogen and oxygen atoms in total. The summed E-state index contributed by atoms with van der Waals surface area (Å²) in [6.45, 7) is 7.60. The van der Waals surface area contributed by atoms with Gasteiger partial charge in [0.25, 0.3) is 0 Å². The number of esters is 1. The number of benzene rings is 1. The van der Waals surface area contributed by atoms with Crippen molar-refractivity contribution in [1.82, 2.24) is 0 Å². The summed E-state index contributed by atoms with van der Waals surface area (Å²) in [7, 11) is 1.51. The fraction of sp³-hybridized carbons (Fsp3) is 0.654. The summed E-state index contributed by atoms with van der Waals surface area (Å²) in [5.74, 6) is 0.575. The van der Waals surface area contributed by atoms with Crippen molar-refractivity contribution < 1.29 is 19.4 Å². The lowest BCUT2D eigenvalue weighted by molar-refractivity contribution is -0.132. The van der Waals surface area contributed by atoms with Gasteiger partial charge >= 0.3 is 5.97 Å². The number of aromatic hydroxyl groups is 1. The number of ether oxygens (including phenoxy) is 2. The molecule has 172 valence electrons. The van der Waals surface area contributed by atoms with E-state index in [1.54, 1.807) is 6.07 Å². The Balaban J connectivity index is 0.00000407. The number of hydrogen-bond acceptors (Lipinski definition) is 4. The molecule has 30 heavy (non-hydrogen) atoms. The Bertz CT molecular complexity index is 593. The molecule has 0 aliphatic heterocycles. The van der Waals surface area contributed by atoms with Gasteiger partial charge in [0.05, 0.1) is 7.11 Å². The lowest BCUT2D eigenvalue weighted by Gasteiger charge is -2.14. The normalized spacial score (nSPS) is 10.6. The van der Waals surface area contributed by atoms with Gasteiger partial charge in [-0.2, -0.15) is 0 Å². The largest absolute Gasteiger partial charge is 0.508 e. The van der Waals surface area contributed by atoms with Crippen molar-refractivity contribution in [1.29, 1.82) is 0 Å². The number of carbonyl (C=O) groups excluding carboxylic acids is 1. The number of unbranched alkanes of at least 4 members (excludes halogenated alkanes) is 9. The van der Waals surface area contributed by atoms with Gasteiger partial charge < -0.3 is 14.6 Å². The van der Waals surface area contributed by atoms with E-state index in [-0.39, 0.29) is 11.7 Å². The summed E-state index contributed by atoms with van der Waals surface area (Å²) in [5.41, 5.74) is 0.821. The molecule has 0 aliphatic rings. The average Bonchev–Trinajstić information content (AvgIpc) is 2.74. The van der Waals surface area contributed by atoms with Crippen LogP contribution in [0.2, 0.25) is 0 Å². The second-order valence-corrected chi connectivity index (χ2v) is 7.36. The number of phenols is 1. The molecule has 1 N–H and O–H groups in total. The number of methoxy groups -OCH3 is 1. The molecule has 0 atom stereocenters. The average molecular weight is 421 g/mol. The van der Waals surface area contributed by atoms with Crippen molar-refractivity contribution in [2.75, 3.05) is 7.11 Å². The lowest BCUT2D eigenvalue weighted by Crippen LogP contribution is -2.06. The van der Waals surface area contributed by atoms with E-state index >= 15 is 0 Å². The molecule has 1 aromatic rings. The van der Waals surface area contributed by atoms with Crippen molar-refractivity contribution in [3.8, 4) is 17.2 Å². The predicted molar refractivity (Wildman–Crippen MR) is 127 cm³/mol. The van der Waals surface area contributed by atoms with Gasteiger partial charge in [-0.25, -0.2) is 0 Å². The first kappa shape index (κ1) is 28.0. The summed E-state index contributed by atoms with van der Waals surface area (Å²) in [6, 6.07) is 3.13. The van der Waals surface area contributed by atoms with Gasteiger partial charge in [-0.05, 0) is 38.2 Å². The maximum absolute atomic E-state index is 11.4. The van der Waals surface area contributed by atoms with Crippen LogP contribution in [0.5, 0.6) is 17.2 Å². The molecule has 0 unspecified atom stereocenters. The molecule has 0 saturated carbocycles. The highest BCUT2D eigenvalue weighted by atomic mass is 16.6. The van der Waals surface area contributed by atoms with Crippen LogP contribution in [0.15, 0.2) is 24.3 Å². The highest BCUT2D eigenvalue weighted by molar-refractivity contribution is 5.71. The maximum Gasteiger partial charge on any atom is 0.308 e. The third-order valence-electron chi connectivity index (χ3n) is 4.79. The number of rotatable bonds is 15. The number of carbonyl (C=O) groups is 1. The van der Waals surface area contributed by atoms with Crippen LogP contribution < -0.4 is 9.47 Å². The minimum Gasteiger partial charge on any atom is -0.508 e. The van der Waals surface area contributed by atoms with E-state index in [1.165, 1.54) is 77.9 Å². The Morgan fingerprint density at radius 3 is 2.07 bits per heavy atom. The number of allylic oxidation sites excluding steroid dienone is 2. The van der Waals surface area contributed by atoms with Crippen molar-refractivity contribution in [2.24, 2.45) is 0 Å².